The van der Waals surface area contributed by atoms with Crippen LogP contribution < -0.4 is 0 Å². The van der Waals surface area contributed by atoms with Gasteiger partial charge in [-0.15, -0.1) is 0 Å². The lowest BCUT2D eigenvalue weighted by molar-refractivity contribution is -0.142. The highest BCUT2D eigenvalue weighted by atomic mass is 127. The first-order chi connectivity index (χ1) is 6.49. The average molecular weight is 304 g/mol. The van der Waals surface area contributed by atoms with E-state index in [1.807, 2.05) is 0 Å². The lowest BCUT2D eigenvalue weighted by Crippen LogP contribution is -2.36. The summed E-state index contributed by atoms with van der Waals surface area (Å²) in [4.78, 5) is 22.4. The van der Waals surface area contributed by atoms with Gasteiger partial charge in [0.25, 0.3) is 0 Å². The summed E-state index contributed by atoms with van der Waals surface area (Å²) in [6.45, 7) is 1.29. The maximum absolute atomic E-state index is 11.3. The molecule has 74 valence electrons. The number of halogens is 1. The van der Waals surface area contributed by atoms with Crippen LogP contribution in [0.4, 0.5) is 0 Å². The number of carboxylic acid groups (broad SMARTS) is 1. The number of Topliss-reactive ketones (excluding diaryl/α,β-unsaturated/α-hetero) is 1. The lowest BCUT2D eigenvalue weighted by atomic mass is 9.96. The summed E-state index contributed by atoms with van der Waals surface area (Å²) in [6.07, 6.45) is 0. The summed E-state index contributed by atoms with van der Waals surface area (Å²) in [5.41, 5.74) is 0.501. The third-order valence-corrected chi connectivity index (χ3v) is 3.80. The SMILES string of the molecule is CC(=O)C(I)(C(=O)O)c1ccccc1. The number of alkyl halides is 1. The molecular weight excluding hydrogens is 295 g/mol. The molecule has 0 saturated heterocycles. The van der Waals surface area contributed by atoms with Crippen molar-refractivity contribution in [2.24, 2.45) is 0 Å². The van der Waals surface area contributed by atoms with Crippen molar-refractivity contribution in [1.82, 2.24) is 0 Å². The Balaban J connectivity index is 3.27. The van der Waals surface area contributed by atoms with Crippen LogP contribution in [-0.2, 0) is 13.0 Å². The average Bonchev–Trinajstić information content (AvgIpc) is 2.17. The van der Waals surface area contributed by atoms with Crippen LogP contribution in [0.3, 0.4) is 0 Å². The molecule has 0 spiro atoms. The molecule has 3 nitrogen and oxygen atoms in total. The standard InChI is InChI=1S/C10H9IO3/c1-7(12)10(11,9(13)14)8-5-3-2-4-6-8/h2-6H,1H3,(H,13,14). The van der Waals surface area contributed by atoms with Crippen LogP contribution in [0.15, 0.2) is 30.3 Å². The second-order valence-corrected chi connectivity index (χ2v) is 4.50. The van der Waals surface area contributed by atoms with Crippen molar-refractivity contribution < 1.29 is 14.7 Å². The molecule has 1 unspecified atom stereocenters. The predicted molar refractivity (Wildman–Crippen MR) is 60.5 cm³/mol. The van der Waals surface area contributed by atoms with Crippen molar-refractivity contribution >= 4 is 34.3 Å². The first-order valence-electron chi connectivity index (χ1n) is 3.98. The molecule has 0 aliphatic carbocycles. The number of carbonyl (C=O) groups excluding carboxylic acids is 1. The molecule has 14 heavy (non-hydrogen) atoms. The number of carboxylic acids is 1. The zero-order valence-corrected chi connectivity index (χ0v) is 9.69. The Morgan fingerprint density at radius 1 is 1.29 bits per heavy atom. The van der Waals surface area contributed by atoms with Gasteiger partial charge in [0, 0.05) is 0 Å². The second kappa shape index (κ2) is 4.08. The molecule has 1 aromatic rings. The van der Waals surface area contributed by atoms with Gasteiger partial charge in [0.2, 0.25) is 3.42 Å². The Labute approximate surface area is 95.3 Å². The molecule has 0 fully saturated rings. The summed E-state index contributed by atoms with van der Waals surface area (Å²) < 4.78 is -1.46. The van der Waals surface area contributed by atoms with Crippen molar-refractivity contribution in [2.45, 2.75) is 10.3 Å². The van der Waals surface area contributed by atoms with Gasteiger partial charge in [0.1, 0.15) is 0 Å². The van der Waals surface area contributed by atoms with E-state index in [0.717, 1.165) is 0 Å². The van der Waals surface area contributed by atoms with Crippen LogP contribution in [-0.4, -0.2) is 16.9 Å². The Bertz CT molecular complexity index is 345. The van der Waals surface area contributed by atoms with Crippen molar-refractivity contribution in [3.05, 3.63) is 35.9 Å². The largest absolute Gasteiger partial charge is 0.480 e. The van der Waals surface area contributed by atoms with Crippen molar-refractivity contribution in [1.29, 1.82) is 0 Å². The van der Waals surface area contributed by atoms with Crippen LogP contribution in [0.2, 0.25) is 0 Å². The van der Waals surface area contributed by atoms with Gasteiger partial charge in [-0.3, -0.25) is 4.79 Å². The zero-order valence-electron chi connectivity index (χ0n) is 7.53. The van der Waals surface area contributed by atoms with E-state index in [1.165, 1.54) is 6.92 Å². The van der Waals surface area contributed by atoms with E-state index in [0.29, 0.717) is 5.56 Å². The smallest absolute Gasteiger partial charge is 0.331 e. The lowest BCUT2D eigenvalue weighted by Gasteiger charge is -2.19. The van der Waals surface area contributed by atoms with Gasteiger partial charge < -0.3 is 5.11 Å². The number of benzene rings is 1. The molecule has 0 saturated carbocycles. The molecule has 1 atom stereocenters. The number of hydrogen-bond donors (Lipinski definition) is 1. The first kappa shape index (κ1) is 11.2. The van der Waals surface area contributed by atoms with E-state index in [1.54, 1.807) is 52.9 Å². The van der Waals surface area contributed by atoms with Crippen molar-refractivity contribution in [3.8, 4) is 0 Å². The summed E-state index contributed by atoms with van der Waals surface area (Å²) >= 11 is 1.67. The van der Waals surface area contributed by atoms with Crippen LogP contribution in [0.25, 0.3) is 0 Å². The maximum Gasteiger partial charge on any atom is 0.331 e. The maximum atomic E-state index is 11.3. The number of rotatable bonds is 3. The summed E-state index contributed by atoms with van der Waals surface area (Å²) in [7, 11) is 0. The van der Waals surface area contributed by atoms with Gasteiger partial charge in [0.15, 0.2) is 5.78 Å². The summed E-state index contributed by atoms with van der Waals surface area (Å²) in [5, 5.41) is 9.03. The molecular formula is C10H9IO3. The molecule has 4 heteroatoms. The van der Waals surface area contributed by atoms with E-state index >= 15 is 0 Å². The molecule has 0 amide bonds. The first-order valence-corrected chi connectivity index (χ1v) is 5.06. The highest BCUT2D eigenvalue weighted by molar-refractivity contribution is 14.1. The van der Waals surface area contributed by atoms with Crippen LogP contribution in [0, 0.1) is 0 Å². The van der Waals surface area contributed by atoms with Gasteiger partial charge in [-0.25, -0.2) is 4.79 Å². The molecule has 1 aromatic carbocycles. The van der Waals surface area contributed by atoms with Gasteiger partial charge >= 0.3 is 5.97 Å². The van der Waals surface area contributed by atoms with Gasteiger partial charge in [-0.05, 0) is 12.5 Å². The predicted octanol–water partition coefficient (Wildman–Crippen LogP) is 1.99. The molecule has 0 aromatic heterocycles. The monoisotopic (exact) mass is 304 g/mol. The van der Waals surface area contributed by atoms with Gasteiger partial charge in [-0.2, -0.15) is 0 Å². The van der Waals surface area contributed by atoms with E-state index < -0.39 is 9.39 Å². The Kier molecular flexibility index (Phi) is 3.25. The molecule has 1 N–H and O–H groups in total. The minimum atomic E-state index is -1.46. The molecule has 0 radical (unpaired) electrons. The van der Waals surface area contributed by atoms with E-state index in [2.05, 4.69) is 0 Å². The van der Waals surface area contributed by atoms with Crippen molar-refractivity contribution in [2.75, 3.05) is 0 Å². The van der Waals surface area contributed by atoms with Gasteiger partial charge in [-0.1, -0.05) is 52.9 Å². The minimum Gasteiger partial charge on any atom is -0.480 e. The van der Waals surface area contributed by atoms with Crippen molar-refractivity contribution in [3.63, 3.8) is 0 Å². The quantitative estimate of drug-likeness (QED) is 0.528. The molecule has 0 heterocycles. The van der Waals surface area contributed by atoms with Crippen LogP contribution in [0.1, 0.15) is 12.5 Å². The molecule has 1 rings (SSSR count). The minimum absolute atomic E-state index is 0.378. The Hall–Kier alpha value is -0.910. The van der Waals surface area contributed by atoms with E-state index in [4.69, 9.17) is 5.11 Å². The molecule has 0 aliphatic heterocycles. The fraction of sp³-hybridized carbons (Fsp3) is 0.200. The number of aliphatic carboxylic acids is 1. The van der Waals surface area contributed by atoms with Crippen LogP contribution in [0.5, 0.6) is 0 Å². The van der Waals surface area contributed by atoms with E-state index in [9.17, 15) is 9.59 Å². The normalized spacial score (nSPS) is 14.4. The highest BCUT2D eigenvalue weighted by Crippen LogP contribution is 2.33. The second-order valence-electron chi connectivity index (χ2n) is 2.89. The number of ketones is 1. The zero-order chi connectivity index (χ0) is 10.8. The third kappa shape index (κ3) is 1.79. The Morgan fingerprint density at radius 3 is 2.14 bits per heavy atom. The molecule has 0 bridgehead atoms. The number of carbonyl (C=O) groups is 2. The number of hydrogen-bond acceptors (Lipinski definition) is 2. The fourth-order valence-electron chi connectivity index (χ4n) is 1.15. The topological polar surface area (TPSA) is 54.4 Å². The molecule has 0 aliphatic rings. The van der Waals surface area contributed by atoms with Gasteiger partial charge in [0.05, 0.1) is 0 Å². The summed E-state index contributed by atoms with van der Waals surface area (Å²) in [5.74, 6) is -1.51. The highest BCUT2D eigenvalue weighted by Gasteiger charge is 2.42. The fourth-order valence-corrected chi connectivity index (χ4v) is 1.50. The summed E-state index contributed by atoms with van der Waals surface area (Å²) in [6, 6.07) is 8.50. The van der Waals surface area contributed by atoms with E-state index in [-0.39, 0.29) is 5.78 Å². The Morgan fingerprint density at radius 2 is 1.79 bits per heavy atom. The van der Waals surface area contributed by atoms with Crippen LogP contribution >= 0.6 is 22.6 Å². The third-order valence-electron chi connectivity index (χ3n) is 1.95.